The number of carbonyl (C=O) groups excluding carboxylic acids is 2. The fourth-order valence-corrected chi connectivity index (χ4v) is 3.60. The van der Waals surface area contributed by atoms with E-state index in [1.165, 1.54) is 0 Å². The van der Waals surface area contributed by atoms with Crippen molar-refractivity contribution in [1.82, 2.24) is 5.43 Å². The van der Waals surface area contributed by atoms with Crippen LogP contribution in [0, 0.1) is 6.92 Å². The quantitative estimate of drug-likeness (QED) is 0.332. The van der Waals surface area contributed by atoms with Crippen LogP contribution in [-0.4, -0.2) is 24.1 Å². The average Bonchev–Trinajstić information content (AvgIpc) is 2.65. The number of hydrazone groups is 1. The third-order valence-electron chi connectivity index (χ3n) is 3.59. The molecule has 0 aliphatic rings. The molecule has 2 amide bonds. The second kappa shape index (κ2) is 11.0. The first-order chi connectivity index (χ1) is 13.7. The zero-order valence-electron chi connectivity index (χ0n) is 15.5. The molecule has 0 spiro atoms. The minimum atomic E-state index is -0.449. The minimum absolute atomic E-state index is 0.0264. The van der Waals surface area contributed by atoms with Crippen LogP contribution in [0.2, 0.25) is 10.0 Å². The largest absolute Gasteiger partial charge is 0.483 e. The van der Waals surface area contributed by atoms with Crippen LogP contribution in [-0.2, 0) is 9.59 Å². The van der Waals surface area contributed by atoms with Crippen LogP contribution in [0.25, 0.3) is 0 Å². The highest BCUT2D eigenvalue weighted by Crippen LogP contribution is 2.31. The van der Waals surface area contributed by atoms with Crippen molar-refractivity contribution in [2.75, 3.05) is 11.9 Å². The summed E-state index contributed by atoms with van der Waals surface area (Å²) in [5.74, 6) is -0.246. The van der Waals surface area contributed by atoms with Gasteiger partial charge in [-0.3, -0.25) is 9.59 Å². The number of halogens is 4. The molecular formula is C19H17Br2Cl2N3O3. The second-order valence-corrected chi connectivity index (χ2v) is 8.52. The van der Waals surface area contributed by atoms with Gasteiger partial charge in [-0.1, -0.05) is 45.2 Å². The van der Waals surface area contributed by atoms with Crippen molar-refractivity contribution < 1.29 is 14.3 Å². The lowest BCUT2D eigenvalue weighted by atomic mass is 10.2. The van der Waals surface area contributed by atoms with Gasteiger partial charge in [-0.2, -0.15) is 5.10 Å². The zero-order chi connectivity index (χ0) is 21.6. The number of amides is 2. The van der Waals surface area contributed by atoms with E-state index in [-0.39, 0.29) is 24.0 Å². The summed E-state index contributed by atoms with van der Waals surface area (Å²) in [6, 6.07) is 8.59. The highest BCUT2D eigenvalue weighted by Gasteiger charge is 2.11. The Balaban J connectivity index is 1.84. The van der Waals surface area contributed by atoms with E-state index in [2.05, 4.69) is 47.7 Å². The molecule has 0 fully saturated rings. The van der Waals surface area contributed by atoms with E-state index in [0.29, 0.717) is 22.2 Å². The number of nitrogens with zero attached hydrogens (tertiary/aromatic N) is 1. The molecule has 29 heavy (non-hydrogen) atoms. The van der Waals surface area contributed by atoms with Gasteiger partial charge >= 0.3 is 0 Å². The predicted octanol–water partition coefficient (Wildman–Crippen LogP) is 5.73. The summed E-state index contributed by atoms with van der Waals surface area (Å²) in [5.41, 5.74) is 4.15. The van der Waals surface area contributed by atoms with Crippen LogP contribution in [0.5, 0.6) is 5.75 Å². The Labute approximate surface area is 195 Å². The maximum Gasteiger partial charge on any atom is 0.277 e. The first kappa shape index (κ1) is 23.7. The highest BCUT2D eigenvalue weighted by molar-refractivity contribution is 9.11. The lowest BCUT2D eigenvalue weighted by Gasteiger charge is -2.10. The Morgan fingerprint density at radius 2 is 1.86 bits per heavy atom. The molecule has 0 radical (unpaired) electrons. The maximum atomic E-state index is 12.1. The summed E-state index contributed by atoms with van der Waals surface area (Å²) in [5, 5.41) is 7.16. The number of nitrogens with one attached hydrogen (secondary N) is 2. The van der Waals surface area contributed by atoms with E-state index in [1.54, 1.807) is 31.2 Å². The van der Waals surface area contributed by atoms with Gasteiger partial charge in [-0.05, 0) is 59.6 Å². The molecule has 2 aromatic rings. The summed E-state index contributed by atoms with van der Waals surface area (Å²) in [4.78, 5) is 24.0. The van der Waals surface area contributed by atoms with Crippen molar-refractivity contribution in [3.8, 4) is 5.75 Å². The summed E-state index contributed by atoms with van der Waals surface area (Å²) in [7, 11) is 0. The Morgan fingerprint density at radius 3 is 2.59 bits per heavy atom. The van der Waals surface area contributed by atoms with E-state index in [0.717, 1.165) is 14.5 Å². The number of aryl methyl sites for hydroxylation is 1. The fraction of sp³-hybridized carbons (Fsp3) is 0.211. The molecule has 0 saturated heterocycles. The second-order valence-electron chi connectivity index (χ2n) is 6.03. The summed E-state index contributed by atoms with van der Waals surface area (Å²) >= 11 is 18.8. The van der Waals surface area contributed by atoms with Crippen molar-refractivity contribution >= 4 is 78.3 Å². The molecule has 2 aromatic carbocycles. The number of hydrogen-bond acceptors (Lipinski definition) is 4. The van der Waals surface area contributed by atoms with Gasteiger partial charge in [0.05, 0.1) is 26.6 Å². The first-order valence-electron chi connectivity index (χ1n) is 8.31. The molecule has 0 saturated carbocycles. The van der Waals surface area contributed by atoms with Crippen LogP contribution >= 0.6 is 55.1 Å². The molecule has 0 bridgehead atoms. The smallest absolute Gasteiger partial charge is 0.277 e. The highest BCUT2D eigenvalue weighted by atomic mass is 79.9. The van der Waals surface area contributed by atoms with E-state index < -0.39 is 5.91 Å². The van der Waals surface area contributed by atoms with Crippen LogP contribution in [0.15, 0.2) is 44.4 Å². The van der Waals surface area contributed by atoms with Crippen LogP contribution < -0.4 is 15.5 Å². The van der Waals surface area contributed by atoms with Gasteiger partial charge in [-0.25, -0.2) is 5.43 Å². The maximum absolute atomic E-state index is 12.1. The molecule has 0 aliphatic heterocycles. The lowest BCUT2D eigenvalue weighted by molar-refractivity contribution is -0.123. The fourth-order valence-electron chi connectivity index (χ4n) is 2.14. The zero-order valence-corrected chi connectivity index (χ0v) is 20.2. The number of hydrogen-bond donors (Lipinski definition) is 2. The minimum Gasteiger partial charge on any atom is -0.483 e. The molecular weight excluding hydrogens is 549 g/mol. The van der Waals surface area contributed by atoms with Crippen molar-refractivity contribution in [2.45, 2.75) is 20.3 Å². The SMILES string of the molecule is CC(CC(=O)Nc1cccc(Cl)c1Cl)=NNC(=O)COc1cc(C)c(Br)cc1Br. The molecule has 0 atom stereocenters. The van der Waals surface area contributed by atoms with Crippen molar-refractivity contribution in [2.24, 2.45) is 5.10 Å². The average molecular weight is 566 g/mol. The Kier molecular flexibility index (Phi) is 8.95. The molecule has 0 heterocycles. The number of carbonyl (C=O) groups is 2. The summed E-state index contributed by atoms with van der Waals surface area (Å²) < 4.78 is 7.15. The predicted molar refractivity (Wildman–Crippen MR) is 123 cm³/mol. The number of ether oxygens (including phenoxy) is 1. The molecule has 154 valence electrons. The Morgan fingerprint density at radius 1 is 1.14 bits per heavy atom. The Hall–Kier alpha value is -1.61. The molecule has 0 aliphatic carbocycles. The third-order valence-corrected chi connectivity index (χ3v) is 5.88. The van der Waals surface area contributed by atoms with Gasteiger partial charge in [0.1, 0.15) is 5.75 Å². The van der Waals surface area contributed by atoms with Gasteiger partial charge in [-0.15, -0.1) is 0 Å². The number of anilines is 1. The monoisotopic (exact) mass is 563 g/mol. The van der Waals surface area contributed by atoms with E-state index in [4.69, 9.17) is 27.9 Å². The summed E-state index contributed by atoms with van der Waals surface area (Å²) in [6.07, 6.45) is -0.0264. The van der Waals surface area contributed by atoms with Gasteiger partial charge in [0.2, 0.25) is 5.91 Å². The molecule has 10 heteroatoms. The van der Waals surface area contributed by atoms with E-state index >= 15 is 0 Å². The standard InChI is InChI=1S/C19H17Br2Cl2N3O3/c1-10-6-16(13(21)8-12(10)20)29-9-18(28)26-25-11(2)7-17(27)24-15-5-3-4-14(22)19(15)23/h3-6,8H,7,9H2,1-2H3,(H,24,27)(H,26,28). The molecule has 2 rings (SSSR count). The van der Waals surface area contributed by atoms with Crippen LogP contribution in [0.1, 0.15) is 18.9 Å². The first-order valence-corrected chi connectivity index (χ1v) is 10.7. The third kappa shape index (κ3) is 7.29. The Bertz CT molecular complexity index is 968. The van der Waals surface area contributed by atoms with E-state index in [9.17, 15) is 9.59 Å². The van der Waals surface area contributed by atoms with Gasteiger partial charge < -0.3 is 10.1 Å². The molecule has 0 unspecified atom stereocenters. The summed E-state index contributed by atoms with van der Waals surface area (Å²) in [6.45, 7) is 3.31. The normalized spacial score (nSPS) is 11.2. The van der Waals surface area contributed by atoms with Crippen LogP contribution in [0.4, 0.5) is 5.69 Å². The van der Waals surface area contributed by atoms with Crippen molar-refractivity contribution in [1.29, 1.82) is 0 Å². The number of benzene rings is 2. The van der Waals surface area contributed by atoms with Gasteiger partial charge in [0.15, 0.2) is 6.61 Å². The van der Waals surface area contributed by atoms with Crippen molar-refractivity contribution in [3.05, 3.63) is 54.9 Å². The van der Waals surface area contributed by atoms with Crippen LogP contribution in [0.3, 0.4) is 0 Å². The van der Waals surface area contributed by atoms with Crippen molar-refractivity contribution in [3.63, 3.8) is 0 Å². The van der Waals surface area contributed by atoms with E-state index in [1.807, 2.05) is 13.0 Å². The van der Waals surface area contributed by atoms with Gasteiger partial charge in [0, 0.05) is 10.2 Å². The topological polar surface area (TPSA) is 79.8 Å². The number of rotatable bonds is 7. The molecule has 2 N–H and O–H groups in total. The molecule has 6 nitrogen and oxygen atoms in total. The molecule has 0 aromatic heterocycles. The lowest BCUT2D eigenvalue weighted by Crippen LogP contribution is -2.26. The van der Waals surface area contributed by atoms with Gasteiger partial charge in [0.25, 0.3) is 5.91 Å².